The molecule has 0 unspecified atom stereocenters. The molecule has 0 spiro atoms. The van der Waals surface area contributed by atoms with Gasteiger partial charge in [0.25, 0.3) is 5.91 Å². The van der Waals surface area contributed by atoms with Crippen molar-refractivity contribution < 1.29 is 14.6 Å². The Hall–Kier alpha value is -2.23. The van der Waals surface area contributed by atoms with E-state index in [1.807, 2.05) is 20.2 Å². The third kappa shape index (κ3) is 4.74. The smallest absolute Gasteiger partial charge is 0.257 e. The maximum Gasteiger partial charge on any atom is 0.257 e. The topological polar surface area (TPSA) is 88.6 Å². The highest BCUT2D eigenvalue weighted by Crippen LogP contribution is 2.23. The van der Waals surface area contributed by atoms with E-state index in [0.29, 0.717) is 30.9 Å². The number of carbonyl (C=O) groups excluding carboxylic acids is 1. The minimum Gasteiger partial charge on any atom is -0.395 e. The van der Waals surface area contributed by atoms with Crippen LogP contribution in [0.1, 0.15) is 17.3 Å². The Morgan fingerprint density at radius 2 is 2.07 bits per heavy atom. The largest absolute Gasteiger partial charge is 0.395 e. The Bertz CT molecular complexity index is 750. The van der Waals surface area contributed by atoms with Crippen molar-refractivity contribution in [3.63, 3.8) is 0 Å². The lowest BCUT2D eigenvalue weighted by atomic mass is 10.1. The maximum absolute atomic E-state index is 13.2. The Balaban J connectivity index is 1.79. The average Bonchev–Trinajstić information content (AvgIpc) is 3.31. The molecule has 0 bridgehead atoms. The number of hydrogen-bond donors (Lipinski definition) is 1. The normalized spacial score (nSPS) is 15.2. The third-order valence-electron chi connectivity index (χ3n) is 4.74. The molecule has 1 saturated heterocycles. The van der Waals surface area contributed by atoms with Crippen molar-refractivity contribution in [1.82, 2.24) is 29.4 Å². The molecule has 0 atom stereocenters. The molecule has 9 nitrogen and oxygen atoms in total. The number of rotatable bonds is 8. The average molecular weight is 376 g/mol. The first-order valence-electron chi connectivity index (χ1n) is 9.39. The summed E-state index contributed by atoms with van der Waals surface area (Å²) in [5.41, 5.74) is 1.98. The highest BCUT2D eigenvalue weighted by Gasteiger charge is 2.24. The van der Waals surface area contributed by atoms with Crippen LogP contribution in [0.5, 0.6) is 0 Å². The molecule has 0 saturated carbocycles. The van der Waals surface area contributed by atoms with Gasteiger partial charge in [0.2, 0.25) is 0 Å². The summed E-state index contributed by atoms with van der Waals surface area (Å²) in [5, 5.41) is 18.2. The van der Waals surface area contributed by atoms with Gasteiger partial charge in [-0.3, -0.25) is 19.1 Å². The standard InChI is InChI=1S/C18H28N6O3/c1-3-24-14-16(17(20-24)15-12-19-21(2)13-15)18(26)23(6-9-25)5-4-22-7-10-27-11-8-22/h12-14,25H,3-11H2,1-2H3. The Morgan fingerprint density at radius 1 is 1.30 bits per heavy atom. The molecule has 1 fully saturated rings. The lowest BCUT2D eigenvalue weighted by molar-refractivity contribution is 0.0315. The van der Waals surface area contributed by atoms with Crippen LogP contribution in [0.25, 0.3) is 11.3 Å². The Morgan fingerprint density at radius 3 is 2.70 bits per heavy atom. The maximum atomic E-state index is 13.2. The molecule has 148 valence electrons. The van der Waals surface area contributed by atoms with E-state index in [9.17, 15) is 9.90 Å². The number of carbonyl (C=O) groups is 1. The summed E-state index contributed by atoms with van der Waals surface area (Å²) < 4.78 is 8.82. The van der Waals surface area contributed by atoms with E-state index in [1.165, 1.54) is 0 Å². The number of amides is 1. The number of aromatic nitrogens is 4. The van der Waals surface area contributed by atoms with Crippen LogP contribution >= 0.6 is 0 Å². The molecule has 9 heteroatoms. The molecular weight excluding hydrogens is 348 g/mol. The molecule has 3 rings (SSSR count). The lowest BCUT2D eigenvalue weighted by Crippen LogP contribution is -2.44. The highest BCUT2D eigenvalue weighted by molar-refractivity contribution is 5.99. The second kappa shape index (κ2) is 9.12. The summed E-state index contributed by atoms with van der Waals surface area (Å²) in [6, 6.07) is 0. The van der Waals surface area contributed by atoms with Crippen molar-refractivity contribution >= 4 is 5.91 Å². The van der Waals surface area contributed by atoms with E-state index in [1.54, 1.807) is 26.7 Å². The summed E-state index contributed by atoms with van der Waals surface area (Å²) in [6.07, 6.45) is 5.34. The molecule has 1 amide bonds. The van der Waals surface area contributed by atoms with Gasteiger partial charge in [-0.15, -0.1) is 0 Å². The summed E-state index contributed by atoms with van der Waals surface area (Å²) in [7, 11) is 1.84. The van der Waals surface area contributed by atoms with Gasteiger partial charge >= 0.3 is 0 Å². The van der Waals surface area contributed by atoms with Crippen LogP contribution < -0.4 is 0 Å². The Kier molecular flexibility index (Phi) is 6.59. The Labute approximate surface area is 159 Å². The van der Waals surface area contributed by atoms with E-state index < -0.39 is 0 Å². The monoisotopic (exact) mass is 376 g/mol. The SMILES string of the molecule is CCn1cc(C(=O)N(CCO)CCN2CCOCC2)c(-c2cnn(C)c2)n1. The molecule has 1 aliphatic rings. The minimum atomic E-state index is -0.115. The zero-order chi connectivity index (χ0) is 19.2. The fraction of sp³-hybridized carbons (Fsp3) is 0.611. The summed E-state index contributed by atoms with van der Waals surface area (Å²) in [5.74, 6) is -0.115. The molecule has 0 aliphatic carbocycles. The van der Waals surface area contributed by atoms with Crippen molar-refractivity contribution in [3.05, 3.63) is 24.2 Å². The zero-order valence-corrected chi connectivity index (χ0v) is 16.0. The number of hydrogen-bond acceptors (Lipinski definition) is 6. The van der Waals surface area contributed by atoms with Crippen LogP contribution in [0.3, 0.4) is 0 Å². The molecule has 2 aromatic rings. The van der Waals surface area contributed by atoms with E-state index in [0.717, 1.165) is 38.4 Å². The van der Waals surface area contributed by atoms with Crippen molar-refractivity contribution in [2.24, 2.45) is 7.05 Å². The number of aliphatic hydroxyl groups excluding tert-OH is 1. The number of aryl methyl sites for hydroxylation is 2. The quantitative estimate of drug-likeness (QED) is 0.701. The van der Waals surface area contributed by atoms with E-state index in [-0.39, 0.29) is 12.5 Å². The second-order valence-electron chi connectivity index (χ2n) is 6.62. The number of ether oxygens (including phenoxy) is 1. The highest BCUT2D eigenvalue weighted by atomic mass is 16.5. The van der Waals surface area contributed by atoms with Crippen LogP contribution in [0.15, 0.2) is 18.6 Å². The summed E-state index contributed by atoms with van der Waals surface area (Å²) >= 11 is 0. The number of nitrogens with zero attached hydrogens (tertiary/aromatic N) is 6. The van der Waals surface area contributed by atoms with Gasteiger partial charge in [0.1, 0.15) is 5.69 Å². The van der Waals surface area contributed by atoms with E-state index in [4.69, 9.17) is 4.74 Å². The molecule has 27 heavy (non-hydrogen) atoms. The minimum absolute atomic E-state index is 0.0704. The number of morpholine rings is 1. The first-order chi connectivity index (χ1) is 13.1. The van der Waals surface area contributed by atoms with Gasteiger partial charge in [0.05, 0.1) is 31.6 Å². The van der Waals surface area contributed by atoms with Gasteiger partial charge in [-0.2, -0.15) is 10.2 Å². The van der Waals surface area contributed by atoms with Crippen molar-refractivity contribution in [2.75, 3.05) is 52.5 Å². The molecule has 1 aliphatic heterocycles. The predicted molar refractivity (Wildman–Crippen MR) is 100 cm³/mol. The van der Waals surface area contributed by atoms with Crippen molar-refractivity contribution in [2.45, 2.75) is 13.5 Å². The molecule has 2 aromatic heterocycles. The summed E-state index contributed by atoms with van der Waals surface area (Å²) in [4.78, 5) is 17.2. The van der Waals surface area contributed by atoms with Crippen molar-refractivity contribution in [1.29, 1.82) is 0 Å². The zero-order valence-electron chi connectivity index (χ0n) is 16.0. The fourth-order valence-electron chi connectivity index (χ4n) is 3.19. The molecule has 3 heterocycles. The van der Waals surface area contributed by atoms with Gasteiger partial charge in [-0.1, -0.05) is 0 Å². The second-order valence-corrected chi connectivity index (χ2v) is 6.62. The molecule has 0 radical (unpaired) electrons. The molecule has 0 aromatic carbocycles. The first kappa shape index (κ1) is 19.5. The van der Waals surface area contributed by atoms with Gasteiger partial charge in [0, 0.05) is 64.3 Å². The molecule has 1 N–H and O–H groups in total. The van der Waals surface area contributed by atoms with Crippen LogP contribution in [0.4, 0.5) is 0 Å². The van der Waals surface area contributed by atoms with Gasteiger partial charge in [-0.05, 0) is 6.92 Å². The van der Waals surface area contributed by atoms with Crippen LogP contribution in [-0.4, -0.2) is 92.9 Å². The van der Waals surface area contributed by atoms with Crippen LogP contribution in [-0.2, 0) is 18.3 Å². The van der Waals surface area contributed by atoms with E-state index in [2.05, 4.69) is 15.1 Å². The van der Waals surface area contributed by atoms with Gasteiger partial charge < -0.3 is 14.7 Å². The lowest BCUT2D eigenvalue weighted by Gasteiger charge is -2.29. The molecular formula is C18H28N6O3. The van der Waals surface area contributed by atoms with E-state index >= 15 is 0 Å². The van der Waals surface area contributed by atoms with Gasteiger partial charge in [0.15, 0.2) is 0 Å². The fourth-order valence-corrected chi connectivity index (χ4v) is 3.19. The van der Waals surface area contributed by atoms with Gasteiger partial charge in [-0.25, -0.2) is 0 Å². The first-order valence-corrected chi connectivity index (χ1v) is 9.39. The van der Waals surface area contributed by atoms with Crippen LogP contribution in [0, 0.1) is 0 Å². The summed E-state index contributed by atoms with van der Waals surface area (Å²) in [6.45, 7) is 7.40. The predicted octanol–water partition coefficient (Wildman–Crippen LogP) is 0.0702. The third-order valence-corrected chi connectivity index (χ3v) is 4.74. The van der Waals surface area contributed by atoms with Crippen molar-refractivity contribution in [3.8, 4) is 11.3 Å². The number of aliphatic hydroxyl groups is 1. The van der Waals surface area contributed by atoms with Crippen LogP contribution in [0.2, 0.25) is 0 Å².